The Kier molecular flexibility index (Phi) is 1.90. The zero-order valence-electron chi connectivity index (χ0n) is 6.83. The molecule has 0 spiro atoms. The predicted octanol–water partition coefficient (Wildman–Crippen LogP) is 0.611. The van der Waals surface area contributed by atoms with Crippen molar-refractivity contribution in [2.24, 2.45) is 0 Å². The first-order valence-corrected chi connectivity index (χ1v) is 3.49. The highest BCUT2D eigenvalue weighted by Gasteiger charge is 2.45. The summed E-state index contributed by atoms with van der Waals surface area (Å²) in [6.45, 7) is 5.09. The maximum absolute atomic E-state index is 10.6. The van der Waals surface area contributed by atoms with Crippen LogP contribution in [-0.4, -0.2) is 29.1 Å². The van der Waals surface area contributed by atoms with Crippen LogP contribution in [-0.2, 0) is 14.3 Å². The molecule has 2 unspecified atom stereocenters. The summed E-state index contributed by atoms with van der Waals surface area (Å²) < 4.78 is 10.2. The maximum atomic E-state index is 10.6. The monoisotopic (exact) mass is 160 g/mol. The minimum absolute atomic E-state index is 0.425. The fourth-order valence-electron chi connectivity index (χ4n) is 1.23. The molecular weight excluding hydrogens is 148 g/mol. The molecule has 0 aromatic carbocycles. The van der Waals surface area contributed by atoms with Gasteiger partial charge in [0.25, 0.3) is 0 Å². The third kappa shape index (κ3) is 1.52. The van der Waals surface area contributed by atoms with Gasteiger partial charge in [-0.3, -0.25) is 0 Å². The van der Waals surface area contributed by atoms with E-state index in [2.05, 4.69) is 0 Å². The molecule has 1 heterocycles. The Balaban J connectivity index is 2.74. The van der Waals surface area contributed by atoms with Crippen LogP contribution in [0.5, 0.6) is 0 Å². The van der Waals surface area contributed by atoms with Crippen molar-refractivity contribution in [1.82, 2.24) is 0 Å². The van der Waals surface area contributed by atoms with Crippen molar-refractivity contribution >= 4 is 5.97 Å². The van der Waals surface area contributed by atoms with Crippen molar-refractivity contribution < 1.29 is 19.4 Å². The van der Waals surface area contributed by atoms with Gasteiger partial charge < -0.3 is 14.6 Å². The lowest BCUT2D eigenvalue weighted by Crippen LogP contribution is -2.39. The zero-order valence-corrected chi connectivity index (χ0v) is 6.83. The first-order valence-electron chi connectivity index (χ1n) is 3.49. The van der Waals surface area contributed by atoms with Crippen LogP contribution in [0.2, 0.25) is 0 Å². The minimum atomic E-state index is -0.973. The molecular formula is C7H12O4. The molecule has 1 rings (SSSR count). The van der Waals surface area contributed by atoms with Crippen LogP contribution in [0, 0.1) is 0 Å². The largest absolute Gasteiger partial charge is 0.479 e. The van der Waals surface area contributed by atoms with Crippen LogP contribution >= 0.6 is 0 Å². The van der Waals surface area contributed by atoms with Gasteiger partial charge in [-0.25, -0.2) is 4.79 Å². The maximum Gasteiger partial charge on any atom is 0.335 e. The average molecular weight is 160 g/mol. The summed E-state index contributed by atoms with van der Waals surface area (Å²) in [6.07, 6.45) is -1.27. The minimum Gasteiger partial charge on any atom is -0.479 e. The van der Waals surface area contributed by atoms with Gasteiger partial charge in [0, 0.05) is 0 Å². The summed E-state index contributed by atoms with van der Waals surface area (Å²) in [4.78, 5) is 10.6. The van der Waals surface area contributed by atoms with Gasteiger partial charge in [-0.1, -0.05) is 0 Å². The SMILES string of the molecule is CC1OC(C(=O)O)C(C)(C)O1. The summed E-state index contributed by atoms with van der Waals surface area (Å²) in [5, 5.41) is 8.66. The highest BCUT2D eigenvalue weighted by molar-refractivity contribution is 5.74. The highest BCUT2D eigenvalue weighted by Crippen LogP contribution is 2.28. The molecule has 64 valence electrons. The molecule has 0 bridgehead atoms. The number of hydrogen-bond acceptors (Lipinski definition) is 3. The molecule has 1 aliphatic heterocycles. The van der Waals surface area contributed by atoms with Gasteiger partial charge >= 0.3 is 5.97 Å². The summed E-state index contributed by atoms with van der Waals surface area (Å²) in [5.41, 5.74) is -0.717. The lowest BCUT2D eigenvalue weighted by atomic mass is 10.0. The van der Waals surface area contributed by atoms with Crippen molar-refractivity contribution in [3.63, 3.8) is 0 Å². The molecule has 0 radical (unpaired) electrons. The van der Waals surface area contributed by atoms with Gasteiger partial charge in [0.05, 0.1) is 0 Å². The number of carboxylic acids is 1. The molecule has 2 atom stereocenters. The van der Waals surface area contributed by atoms with E-state index in [1.54, 1.807) is 20.8 Å². The average Bonchev–Trinajstić information content (AvgIpc) is 2.04. The van der Waals surface area contributed by atoms with E-state index >= 15 is 0 Å². The van der Waals surface area contributed by atoms with Crippen LogP contribution in [0.1, 0.15) is 20.8 Å². The number of rotatable bonds is 1. The standard InChI is InChI=1S/C7H12O4/c1-4-10-5(6(8)9)7(2,3)11-4/h4-5H,1-3H3,(H,8,9). The summed E-state index contributed by atoms with van der Waals surface area (Å²) in [7, 11) is 0. The van der Waals surface area contributed by atoms with E-state index in [4.69, 9.17) is 14.6 Å². The number of hydrogen-bond donors (Lipinski definition) is 1. The van der Waals surface area contributed by atoms with Crippen LogP contribution in [0.25, 0.3) is 0 Å². The fraction of sp³-hybridized carbons (Fsp3) is 0.857. The second-order valence-electron chi connectivity index (χ2n) is 3.14. The molecule has 4 heteroatoms. The third-order valence-corrected chi connectivity index (χ3v) is 1.65. The lowest BCUT2D eigenvalue weighted by molar-refractivity contribution is -0.151. The van der Waals surface area contributed by atoms with Crippen molar-refractivity contribution in [3.05, 3.63) is 0 Å². The molecule has 0 saturated carbocycles. The van der Waals surface area contributed by atoms with Crippen LogP contribution in [0.4, 0.5) is 0 Å². The highest BCUT2D eigenvalue weighted by atomic mass is 16.7. The van der Waals surface area contributed by atoms with Gasteiger partial charge in [0.2, 0.25) is 0 Å². The molecule has 1 N–H and O–H groups in total. The van der Waals surface area contributed by atoms with Crippen LogP contribution in [0.15, 0.2) is 0 Å². The van der Waals surface area contributed by atoms with E-state index in [1.165, 1.54) is 0 Å². The van der Waals surface area contributed by atoms with Gasteiger partial charge in [-0.05, 0) is 20.8 Å². The summed E-state index contributed by atoms with van der Waals surface area (Å²) in [5.74, 6) is -0.973. The molecule has 11 heavy (non-hydrogen) atoms. The van der Waals surface area contributed by atoms with Crippen LogP contribution in [0.3, 0.4) is 0 Å². The van der Waals surface area contributed by atoms with Crippen molar-refractivity contribution in [1.29, 1.82) is 0 Å². The first-order chi connectivity index (χ1) is 4.93. The molecule has 0 aromatic rings. The van der Waals surface area contributed by atoms with Gasteiger partial charge in [-0.2, -0.15) is 0 Å². The Labute approximate surface area is 65.1 Å². The van der Waals surface area contributed by atoms with Gasteiger partial charge in [-0.15, -0.1) is 0 Å². The second kappa shape index (κ2) is 2.46. The molecule has 0 aliphatic carbocycles. The Bertz CT molecular complexity index is 175. The molecule has 1 fully saturated rings. The van der Waals surface area contributed by atoms with E-state index in [0.717, 1.165) is 0 Å². The van der Waals surface area contributed by atoms with Crippen LogP contribution < -0.4 is 0 Å². The van der Waals surface area contributed by atoms with E-state index in [0.29, 0.717) is 0 Å². The number of aliphatic carboxylic acids is 1. The number of carbonyl (C=O) groups is 1. The van der Waals surface area contributed by atoms with E-state index in [1.807, 2.05) is 0 Å². The lowest BCUT2D eigenvalue weighted by Gasteiger charge is -2.19. The first kappa shape index (κ1) is 8.49. The van der Waals surface area contributed by atoms with Gasteiger partial charge in [0.15, 0.2) is 12.4 Å². The third-order valence-electron chi connectivity index (χ3n) is 1.65. The topological polar surface area (TPSA) is 55.8 Å². The van der Waals surface area contributed by atoms with E-state index in [-0.39, 0.29) is 0 Å². The Hall–Kier alpha value is -0.610. The van der Waals surface area contributed by atoms with E-state index < -0.39 is 24.0 Å². The quantitative estimate of drug-likeness (QED) is 0.610. The Morgan fingerprint density at radius 1 is 1.55 bits per heavy atom. The second-order valence-corrected chi connectivity index (χ2v) is 3.14. The number of carboxylic acid groups (broad SMARTS) is 1. The number of ether oxygens (including phenoxy) is 2. The van der Waals surface area contributed by atoms with E-state index in [9.17, 15) is 4.79 Å². The van der Waals surface area contributed by atoms with Gasteiger partial charge in [0.1, 0.15) is 5.60 Å². The smallest absolute Gasteiger partial charge is 0.335 e. The Morgan fingerprint density at radius 3 is 2.27 bits per heavy atom. The fourth-order valence-corrected chi connectivity index (χ4v) is 1.23. The summed E-state index contributed by atoms with van der Waals surface area (Å²) in [6, 6.07) is 0. The zero-order chi connectivity index (χ0) is 8.65. The summed E-state index contributed by atoms with van der Waals surface area (Å²) >= 11 is 0. The molecule has 1 aliphatic rings. The Morgan fingerprint density at radius 2 is 2.09 bits per heavy atom. The molecule has 1 saturated heterocycles. The van der Waals surface area contributed by atoms with Crippen molar-refractivity contribution in [3.8, 4) is 0 Å². The normalized spacial score (nSPS) is 35.5. The van der Waals surface area contributed by atoms with Crippen molar-refractivity contribution in [2.75, 3.05) is 0 Å². The predicted molar refractivity (Wildman–Crippen MR) is 37.1 cm³/mol. The van der Waals surface area contributed by atoms with Crippen molar-refractivity contribution in [2.45, 2.75) is 38.8 Å². The molecule has 0 aromatic heterocycles. The molecule has 0 amide bonds. The molecule has 4 nitrogen and oxygen atoms in total.